The van der Waals surface area contributed by atoms with Crippen LogP contribution in [-0.4, -0.2) is 36.2 Å². The molecule has 3 N–H and O–H groups in total. The first-order valence-corrected chi connectivity index (χ1v) is 6.21. The zero-order valence-corrected chi connectivity index (χ0v) is 11.8. The summed E-state index contributed by atoms with van der Waals surface area (Å²) in [4.78, 5) is 32.8. The molecule has 19 heavy (non-hydrogen) atoms. The van der Waals surface area contributed by atoms with Crippen LogP contribution in [0.2, 0.25) is 0 Å². The summed E-state index contributed by atoms with van der Waals surface area (Å²) in [6.07, 6.45) is 0. The topological polar surface area (TPSA) is 105 Å². The van der Waals surface area contributed by atoms with Crippen molar-refractivity contribution < 1.29 is 24.2 Å². The van der Waals surface area contributed by atoms with Gasteiger partial charge in [-0.25, -0.2) is 9.59 Å². The van der Waals surface area contributed by atoms with Crippen LogP contribution < -0.4 is 10.6 Å². The van der Waals surface area contributed by atoms with Gasteiger partial charge in [-0.15, -0.1) is 0 Å². The molecule has 0 aliphatic carbocycles. The van der Waals surface area contributed by atoms with E-state index in [0.29, 0.717) is 5.69 Å². The molecule has 0 spiro atoms. The predicted molar refractivity (Wildman–Crippen MR) is 74.8 cm³/mol. The summed E-state index contributed by atoms with van der Waals surface area (Å²) in [5, 5.41) is 12.8. The number of rotatable bonds is 5. The Balaban J connectivity index is 2.34. The molecule has 0 fully saturated rings. The molecule has 7 nitrogen and oxygen atoms in total. The van der Waals surface area contributed by atoms with Crippen LogP contribution in [0.3, 0.4) is 0 Å². The van der Waals surface area contributed by atoms with Gasteiger partial charge in [-0.1, -0.05) is 6.07 Å². The highest BCUT2D eigenvalue weighted by atomic mass is 127. The fourth-order valence-corrected chi connectivity index (χ4v) is 1.67. The molecule has 1 rings (SSSR count). The average molecular weight is 378 g/mol. The lowest BCUT2D eigenvalue weighted by molar-refractivity contribution is -0.143. The van der Waals surface area contributed by atoms with Crippen molar-refractivity contribution in [2.75, 3.05) is 18.5 Å². The van der Waals surface area contributed by atoms with Crippen molar-refractivity contribution in [3.05, 3.63) is 27.8 Å². The largest absolute Gasteiger partial charge is 0.480 e. The van der Waals surface area contributed by atoms with E-state index in [0.717, 1.165) is 3.57 Å². The summed E-state index contributed by atoms with van der Waals surface area (Å²) in [5.74, 6) is -1.90. The SMILES string of the molecule is O=C(O)COCC(=O)NC(=O)Nc1cccc(I)c1. The number of carbonyl (C=O) groups excluding carboxylic acids is 2. The second-order valence-corrected chi connectivity index (χ2v) is 4.64. The maximum atomic E-state index is 11.4. The van der Waals surface area contributed by atoms with E-state index in [4.69, 9.17) is 5.11 Å². The summed E-state index contributed by atoms with van der Waals surface area (Å²) in [7, 11) is 0. The number of amides is 3. The van der Waals surface area contributed by atoms with E-state index in [9.17, 15) is 14.4 Å². The van der Waals surface area contributed by atoms with Gasteiger partial charge in [0.2, 0.25) is 0 Å². The number of carbonyl (C=O) groups is 3. The Hall–Kier alpha value is -1.68. The number of nitrogens with one attached hydrogen (secondary N) is 2. The molecule has 0 bridgehead atoms. The van der Waals surface area contributed by atoms with E-state index in [1.165, 1.54) is 0 Å². The van der Waals surface area contributed by atoms with Crippen molar-refractivity contribution in [1.29, 1.82) is 0 Å². The van der Waals surface area contributed by atoms with Gasteiger partial charge in [0.1, 0.15) is 13.2 Å². The molecule has 102 valence electrons. The predicted octanol–water partition coefficient (Wildman–Crippen LogP) is 1.04. The summed E-state index contributed by atoms with van der Waals surface area (Å²) in [5.41, 5.74) is 0.545. The lowest BCUT2D eigenvalue weighted by Gasteiger charge is -2.06. The monoisotopic (exact) mass is 378 g/mol. The number of carboxylic acids is 1. The van der Waals surface area contributed by atoms with Crippen LogP contribution in [0.15, 0.2) is 24.3 Å². The number of hydrogen-bond acceptors (Lipinski definition) is 4. The third kappa shape index (κ3) is 6.72. The third-order valence-electron chi connectivity index (χ3n) is 1.79. The number of carboxylic acid groups (broad SMARTS) is 1. The number of imide groups is 1. The molecular weight excluding hydrogens is 367 g/mol. The molecule has 0 aliphatic heterocycles. The smallest absolute Gasteiger partial charge is 0.329 e. The van der Waals surface area contributed by atoms with Crippen LogP contribution in [0.4, 0.5) is 10.5 Å². The fourth-order valence-electron chi connectivity index (χ4n) is 1.12. The van der Waals surface area contributed by atoms with Gasteiger partial charge < -0.3 is 15.2 Å². The van der Waals surface area contributed by atoms with Gasteiger partial charge in [-0.05, 0) is 40.8 Å². The quantitative estimate of drug-likeness (QED) is 0.665. The van der Waals surface area contributed by atoms with E-state index in [-0.39, 0.29) is 0 Å². The number of ether oxygens (including phenoxy) is 1. The van der Waals surface area contributed by atoms with Gasteiger partial charge in [0, 0.05) is 9.26 Å². The third-order valence-corrected chi connectivity index (χ3v) is 2.47. The second-order valence-electron chi connectivity index (χ2n) is 3.40. The van der Waals surface area contributed by atoms with Crippen LogP contribution in [0.1, 0.15) is 0 Å². The first-order valence-electron chi connectivity index (χ1n) is 5.13. The van der Waals surface area contributed by atoms with Crippen LogP contribution in [0, 0.1) is 3.57 Å². The van der Waals surface area contributed by atoms with Crippen molar-refractivity contribution in [1.82, 2.24) is 5.32 Å². The van der Waals surface area contributed by atoms with Gasteiger partial charge in [0.05, 0.1) is 0 Å². The van der Waals surface area contributed by atoms with Crippen LogP contribution in [0.25, 0.3) is 0 Å². The Morgan fingerprint density at radius 2 is 2.00 bits per heavy atom. The van der Waals surface area contributed by atoms with E-state index in [2.05, 4.69) is 32.6 Å². The fraction of sp³-hybridized carbons (Fsp3) is 0.182. The summed E-state index contributed by atoms with van der Waals surface area (Å²) in [6, 6.07) is 6.31. The molecule has 0 saturated heterocycles. The first kappa shape index (κ1) is 15.4. The Morgan fingerprint density at radius 1 is 1.26 bits per heavy atom. The number of aliphatic carboxylic acids is 1. The van der Waals surface area contributed by atoms with Gasteiger partial charge in [-0.2, -0.15) is 0 Å². The number of anilines is 1. The molecule has 0 saturated carbocycles. The highest BCUT2D eigenvalue weighted by Crippen LogP contribution is 2.11. The summed E-state index contributed by atoms with van der Waals surface area (Å²) >= 11 is 2.09. The van der Waals surface area contributed by atoms with Crippen molar-refractivity contribution in [2.24, 2.45) is 0 Å². The maximum Gasteiger partial charge on any atom is 0.329 e. The Morgan fingerprint density at radius 3 is 2.63 bits per heavy atom. The van der Waals surface area contributed by atoms with Gasteiger partial charge >= 0.3 is 12.0 Å². The van der Waals surface area contributed by atoms with Crippen LogP contribution in [-0.2, 0) is 14.3 Å². The first-order chi connectivity index (χ1) is 8.97. The summed E-state index contributed by atoms with van der Waals surface area (Å²) < 4.78 is 5.47. The van der Waals surface area contributed by atoms with E-state index in [1.54, 1.807) is 18.2 Å². The van der Waals surface area contributed by atoms with Crippen molar-refractivity contribution in [3.63, 3.8) is 0 Å². The summed E-state index contributed by atoms with van der Waals surface area (Å²) in [6.45, 7) is -1.09. The van der Waals surface area contributed by atoms with E-state index in [1.807, 2.05) is 11.4 Å². The number of halogens is 1. The normalized spacial score (nSPS) is 9.74. The molecule has 8 heteroatoms. The highest BCUT2D eigenvalue weighted by Gasteiger charge is 2.09. The van der Waals surface area contributed by atoms with E-state index >= 15 is 0 Å². The number of urea groups is 1. The van der Waals surface area contributed by atoms with Crippen molar-refractivity contribution in [3.8, 4) is 0 Å². The molecular formula is C11H11IN2O5. The zero-order chi connectivity index (χ0) is 14.3. The average Bonchev–Trinajstić information content (AvgIpc) is 2.27. The van der Waals surface area contributed by atoms with E-state index < -0.39 is 31.1 Å². The zero-order valence-electron chi connectivity index (χ0n) is 9.68. The lowest BCUT2D eigenvalue weighted by Crippen LogP contribution is -2.37. The molecule has 1 aromatic rings. The minimum Gasteiger partial charge on any atom is -0.480 e. The van der Waals surface area contributed by atoms with Gasteiger partial charge in [0.15, 0.2) is 0 Å². The number of hydrogen-bond donors (Lipinski definition) is 3. The Kier molecular flexibility index (Phi) is 6.22. The molecule has 0 unspecified atom stereocenters. The van der Waals surface area contributed by atoms with Gasteiger partial charge in [0.25, 0.3) is 5.91 Å². The minimum absolute atomic E-state index is 0.494. The molecule has 0 heterocycles. The Labute approximate surface area is 122 Å². The Bertz CT molecular complexity index is 492. The molecule has 3 amide bonds. The molecule has 0 aliphatic rings. The van der Waals surface area contributed by atoms with Crippen LogP contribution >= 0.6 is 22.6 Å². The standard InChI is InChI=1S/C11H11IN2O5/c12-7-2-1-3-8(4-7)13-11(18)14-9(15)5-19-6-10(16)17/h1-4H,5-6H2,(H,16,17)(H2,13,14,15,18). The highest BCUT2D eigenvalue weighted by molar-refractivity contribution is 14.1. The molecule has 1 aromatic carbocycles. The van der Waals surface area contributed by atoms with Crippen molar-refractivity contribution >= 4 is 46.2 Å². The minimum atomic E-state index is -1.18. The molecule has 0 radical (unpaired) electrons. The maximum absolute atomic E-state index is 11.4. The number of benzene rings is 1. The molecule has 0 aromatic heterocycles. The van der Waals surface area contributed by atoms with Gasteiger partial charge in [-0.3, -0.25) is 10.1 Å². The van der Waals surface area contributed by atoms with Crippen molar-refractivity contribution in [2.45, 2.75) is 0 Å². The lowest BCUT2D eigenvalue weighted by atomic mass is 10.3. The van der Waals surface area contributed by atoms with Crippen LogP contribution in [0.5, 0.6) is 0 Å². The molecule has 0 atom stereocenters. The second kappa shape index (κ2) is 7.69.